The van der Waals surface area contributed by atoms with Gasteiger partial charge in [0.2, 0.25) is 0 Å². The molecule has 1 amide bonds. The summed E-state index contributed by atoms with van der Waals surface area (Å²) in [7, 11) is 2.07. The standard InChI is InChI=1S/C20H26N2OS/c1-15(18-8-7-17-5-3-4-6-19(17)11-18)21-20(23)13-22(2)12-16-9-10-24-14-16/h7-11,14-15H,3-6,12-13H2,1-2H3,(H,21,23)/p+1/t15-/m1/s1. The molecule has 1 aliphatic carbocycles. The van der Waals surface area contributed by atoms with Crippen molar-refractivity contribution in [2.24, 2.45) is 0 Å². The highest BCUT2D eigenvalue weighted by molar-refractivity contribution is 7.07. The third-order valence-electron chi connectivity index (χ3n) is 4.80. The summed E-state index contributed by atoms with van der Waals surface area (Å²) >= 11 is 1.71. The molecule has 2 aromatic rings. The van der Waals surface area contributed by atoms with Gasteiger partial charge < -0.3 is 10.2 Å². The maximum Gasteiger partial charge on any atom is 0.275 e. The predicted molar refractivity (Wildman–Crippen MR) is 99.4 cm³/mol. The van der Waals surface area contributed by atoms with Crippen LogP contribution in [-0.4, -0.2) is 19.5 Å². The highest BCUT2D eigenvalue weighted by Crippen LogP contribution is 2.24. The van der Waals surface area contributed by atoms with Crippen molar-refractivity contribution in [1.82, 2.24) is 5.32 Å². The second-order valence-electron chi connectivity index (χ2n) is 6.97. The molecular weight excluding hydrogens is 316 g/mol. The van der Waals surface area contributed by atoms with Crippen molar-refractivity contribution >= 4 is 17.2 Å². The number of carbonyl (C=O) groups is 1. The lowest BCUT2D eigenvalue weighted by Crippen LogP contribution is -3.08. The van der Waals surface area contributed by atoms with Gasteiger partial charge in [-0.2, -0.15) is 11.3 Å². The van der Waals surface area contributed by atoms with Crippen LogP contribution in [0.5, 0.6) is 0 Å². The number of aryl methyl sites for hydroxylation is 2. The molecular formula is C20H27N2OS+. The Balaban J connectivity index is 1.54. The van der Waals surface area contributed by atoms with Crippen molar-refractivity contribution in [2.75, 3.05) is 13.6 Å². The summed E-state index contributed by atoms with van der Waals surface area (Å²) in [6, 6.07) is 8.92. The van der Waals surface area contributed by atoms with E-state index in [1.807, 2.05) is 0 Å². The van der Waals surface area contributed by atoms with Crippen LogP contribution in [0.3, 0.4) is 0 Å². The number of amides is 1. The molecule has 0 bridgehead atoms. The van der Waals surface area contributed by atoms with Gasteiger partial charge in [0.05, 0.1) is 13.1 Å². The zero-order valence-corrected chi connectivity index (χ0v) is 15.4. The Kier molecular flexibility index (Phi) is 5.69. The summed E-state index contributed by atoms with van der Waals surface area (Å²) in [6.45, 7) is 3.48. The summed E-state index contributed by atoms with van der Waals surface area (Å²) < 4.78 is 0. The van der Waals surface area contributed by atoms with E-state index >= 15 is 0 Å². The third kappa shape index (κ3) is 4.46. The van der Waals surface area contributed by atoms with Crippen molar-refractivity contribution < 1.29 is 9.69 Å². The lowest BCUT2D eigenvalue weighted by molar-refractivity contribution is -0.885. The lowest BCUT2D eigenvalue weighted by atomic mass is 9.89. The zero-order valence-electron chi connectivity index (χ0n) is 14.6. The molecule has 0 spiro atoms. The van der Waals surface area contributed by atoms with Gasteiger partial charge >= 0.3 is 0 Å². The van der Waals surface area contributed by atoms with Gasteiger partial charge in [0.1, 0.15) is 6.54 Å². The van der Waals surface area contributed by atoms with Gasteiger partial charge in [-0.25, -0.2) is 0 Å². The molecule has 128 valence electrons. The van der Waals surface area contributed by atoms with Crippen LogP contribution >= 0.6 is 11.3 Å². The summed E-state index contributed by atoms with van der Waals surface area (Å²) in [4.78, 5) is 13.5. The summed E-state index contributed by atoms with van der Waals surface area (Å²) in [5, 5.41) is 7.39. The second-order valence-corrected chi connectivity index (χ2v) is 7.75. The van der Waals surface area contributed by atoms with Crippen molar-refractivity contribution in [2.45, 2.75) is 45.2 Å². The molecule has 2 atom stereocenters. The Morgan fingerprint density at radius 2 is 2.04 bits per heavy atom. The van der Waals surface area contributed by atoms with E-state index in [0.717, 1.165) is 6.54 Å². The van der Waals surface area contributed by atoms with Crippen LogP contribution in [-0.2, 0) is 24.2 Å². The Hall–Kier alpha value is -1.65. The topological polar surface area (TPSA) is 33.5 Å². The molecule has 3 rings (SSSR count). The van der Waals surface area contributed by atoms with E-state index in [4.69, 9.17) is 0 Å². The van der Waals surface area contributed by atoms with Crippen molar-refractivity contribution in [3.05, 3.63) is 57.3 Å². The number of fused-ring (bicyclic) bond motifs is 1. The van der Waals surface area contributed by atoms with Crippen LogP contribution in [0, 0.1) is 0 Å². The van der Waals surface area contributed by atoms with E-state index in [0.29, 0.717) is 6.54 Å². The maximum atomic E-state index is 12.3. The highest BCUT2D eigenvalue weighted by atomic mass is 32.1. The molecule has 1 unspecified atom stereocenters. The largest absolute Gasteiger partial charge is 0.345 e. The summed E-state index contributed by atoms with van der Waals surface area (Å²) in [5.41, 5.74) is 5.48. The molecule has 0 radical (unpaired) electrons. The van der Waals surface area contributed by atoms with Crippen LogP contribution in [0.25, 0.3) is 0 Å². The minimum Gasteiger partial charge on any atom is -0.345 e. The normalized spacial score (nSPS) is 16.2. The average molecular weight is 344 g/mol. The molecule has 4 heteroatoms. The number of hydrogen-bond acceptors (Lipinski definition) is 2. The Morgan fingerprint density at radius 1 is 1.25 bits per heavy atom. The molecule has 2 N–H and O–H groups in total. The number of quaternary nitrogens is 1. The number of benzene rings is 1. The Labute approximate surface area is 148 Å². The van der Waals surface area contributed by atoms with Gasteiger partial charge in [0.25, 0.3) is 5.91 Å². The molecule has 1 heterocycles. The van der Waals surface area contributed by atoms with E-state index in [-0.39, 0.29) is 11.9 Å². The molecule has 0 aliphatic heterocycles. The highest BCUT2D eigenvalue weighted by Gasteiger charge is 2.16. The Morgan fingerprint density at radius 3 is 2.79 bits per heavy atom. The fourth-order valence-corrected chi connectivity index (χ4v) is 4.15. The number of rotatable bonds is 6. The van der Waals surface area contributed by atoms with Gasteiger partial charge in [-0.3, -0.25) is 4.79 Å². The van der Waals surface area contributed by atoms with Gasteiger partial charge in [-0.15, -0.1) is 0 Å². The maximum absolute atomic E-state index is 12.3. The lowest BCUT2D eigenvalue weighted by Gasteiger charge is -2.20. The molecule has 1 aromatic heterocycles. The van der Waals surface area contributed by atoms with Gasteiger partial charge in [0, 0.05) is 5.56 Å². The van der Waals surface area contributed by atoms with Crippen molar-refractivity contribution in [3.63, 3.8) is 0 Å². The fourth-order valence-electron chi connectivity index (χ4n) is 3.48. The minimum atomic E-state index is 0.0682. The second kappa shape index (κ2) is 7.95. The van der Waals surface area contributed by atoms with E-state index in [1.54, 1.807) is 11.3 Å². The number of nitrogens with one attached hydrogen (secondary N) is 2. The van der Waals surface area contributed by atoms with Crippen LogP contribution in [0.2, 0.25) is 0 Å². The molecule has 0 fully saturated rings. The fraction of sp³-hybridized carbons (Fsp3) is 0.450. The molecule has 0 saturated carbocycles. The van der Waals surface area contributed by atoms with E-state index in [1.165, 1.54) is 52.8 Å². The zero-order chi connectivity index (χ0) is 16.9. The third-order valence-corrected chi connectivity index (χ3v) is 5.53. The summed E-state index contributed by atoms with van der Waals surface area (Å²) in [5.74, 6) is 0.118. The minimum absolute atomic E-state index is 0.0682. The quantitative estimate of drug-likeness (QED) is 0.830. The molecule has 1 aromatic carbocycles. The van der Waals surface area contributed by atoms with E-state index < -0.39 is 0 Å². The Bertz CT molecular complexity index is 681. The van der Waals surface area contributed by atoms with Crippen molar-refractivity contribution in [3.8, 4) is 0 Å². The van der Waals surface area contributed by atoms with Gasteiger partial charge in [0.15, 0.2) is 6.54 Å². The first-order chi connectivity index (χ1) is 11.6. The van der Waals surface area contributed by atoms with Crippen LogP contribution in [0.1, 0.15) is 48.1 Å². The first-order valence-electron chi connectivity index (χ1n) is 8.85. The van der Waals surface area contributed by atoms with Crippen LogP contribution < -0.4 is 10.2 Å². The van der Waals surface area contributed by atoms with Crippen LogP contribution in [0.4, 0.5) is 0 Å². The first-order valence-corrected chi connectivity index (χ1v) is 9.79. The van der Waals surface area contributed by atoms with E-state index in [2.05, 4.69) is 54.3 Å². The number of carbonyl (C=O) groups excluding carboxylic acids is 1. The SMILES string of the molecule is C[C@@H](NC(=O)C[NH+](C)Cc1ccsc1)c1ccc2c(c1)CCCC2. The summed E-state index contributed by atoms with van der Waals surface area (Å²) in [6.07, 6.45) is 4.97. The number of likely N-dealkylation sites (N-methyl/N-ethyl adjacent to an activating group) is 1. The van der Waals surface area contributed by atoms with Gasteiger partial charge in [-0.1, -0.05) is 18.2 Å². The molecule has 3 nitrogen and oxygen atoms in total. The predicted octanol–water partition coefficient (Wildman–Crippen LogP) is 2.52. The monoisotopic (exact) mass is 343 g/mol. The van der Waals surface area contributed by atoms with E-state index in [9.17, 15) is 4.79 Å². The average Bonchev–Trinajstić information content (AvgIpc) is 3.06. The molecule has 0 saturated heterocycles. The molecule has 1 aliphatic rings. The van der Waals surface area contributed by atoms with Crippen LogP contribution in [0.15, 0.2) is 35.0 Å². The molecule has 24 heavy (non-hydrogen) atoms. The number of hydrogen-bond donors (Lipinski definition) is 2. The first kappa shape index (κ1) is 17.2. The number of thiophene rings is 1. The smallest absolute Gasteiger partial charge is 0.275 e. The van der Waals surface area contributed by atoms with Gasteiger partial charge in [-0.05, 0) is 66.1 Å². The van der Waals surface area contributed by atoms with Crippen molar-refractivity contribution in [1.29, 1.82) is 0 Å².